The van der Waals surface area contributed by atoms with E-state index in [-0.39, 0.29) is 47.1 Å². The van der Waals surface area contributed by atoms with E-state index in [1.165, 1.54) is 0 Å². The van der Waals surface area contributed by atoms with Crippen LogP contribution < -0.4 is 34.9 Å². The smallest absolute Gasteiger partial charge is 0.719 e. The Hall–Kier alpha value is 0.640. The number of sulfone groups is 1. The second kappa shape index (κ2) is 4.76. The summed E-state index contributed by atoms with van der Waals surface area (Å²) in [5.74, 6) is 0.197. The van der Waals surface area contributed by atoms with Crippen molar-refractivity contribution in [3.8, 4) is 0 Å². The summed E-state index contributed by atoms with van der Waals surface area (Å²) in [7, 11) is -2.90. The second-order valence-electron chi connectivity index (χ2n) is 2.53. The summed E-state index contributed by atoms with van der Waals surface area (Å²) in [6.07, 6.45) is 0.491. The molecule has 1 heterocycles. The first-order valence-corrected chi connectivity index (χ1v) is 5.40. The Kier molecular flexibility index (Phi) is 5.01. The first kappa shape index (κ1) is 12.6. The molecule has 1 amide bonds. The van der Waals surface area contributed by atoms with Crippen LogP contribution in [-0.4, -0.2) is 31.2 Å². The zero-order valence-corrected chi connectivity index (χ0v) is 10.4. The van der Waals surface area contributed by atoms with E-state index in [2.05, 4.69) is 17.9 Å². The van der Waals surface area contributed by atoms with Crippen LogP contribution in [0.25, 0.3) is 0 Å². The fourth-order valence-electron chi connectivity index (χ4n) is 1.08. The molecule has 0 spiro atoms. The molecule has 1 unspecified atom stereocenters. The molecule has 1 aliphatic rings. The number of nitrogens with one attached hydrogen (secondary N) is 1. The average Bonchev–Trinajstić information content (AvgIpc) is 2.08. The van der Waals surface area contributed by atoms with Crippen LogP contribution in [0.1, 0.15) is 6.42 Å². The maximum Gasteiger partial charge on any atom is 1.00 e. The zero-order valence-electron chi connectivity index (χ0n) is 6.74. The fraction of sp³-hybridized carbons (Fsp3) is 0.800. The van der Waals surface area contributed by atoms with Gasteiger partial charge in [0, 0.05) is 6.04 Å². The van der Waals surface area contributed by atoms with Crippen LogP contribution in [0, 0.1) is 0 Å². The number of rotatable bonds is 1. The van der Waals surface area contributed by atoms with Gasteiger partial charge in [0.2, 0.25) is 0 Å². The monoisotopic (exact) mass is 217 g/mol. The van der Waals surface area contributed by atoms with Crippen molar-refractivity contribution in [3.63, 3.8) is 0 Å². The van der Waals surface area contributed by atoms with Gasteiger partial charge in [-0.15, -0.1) is 0 Å². The molecule has 4 nitrogen and oxygen atoms in total. The maximum absolute atomic E-state index is 10.8. The van der Waals surface area contributed by atoms with Gasteiger partial charge in [0.1, 0.15) is 0 Å². The van der Waals surface area contributed by atoms with Gasteiger partial charge in [0.25, 0.3) is 0 Å². The molecule has 0 aromatic heterocycles. The van der Waals surface area contributed by atoms with Gasteiger partial charge < -0.3 is 22.7 Å². The van der Waals surface area contributed by atoms with E-state index < -0.39 is 15.1 Å². The van der Waals surface area contributed by atoms with Crippen LogP contribution in [0.3, 0.4) is 0 Å². The second-order valence-corrected chi connectivity index (χ2v) is 5.13. The molecular weight excluding hydrogens is 209 g/mol. The van der Waals surface area contributed by atoms with Crippen LogP contribution in [0.15, 0.2) is 0 Å². The van der Waals surface area contributed by atoms with E-state index in [4.69, 9.17) is 0 Å². The fourth-order valence-corrected chi connectivity index (χ4v) is 2.92. The molecule has 12 heavy (non-hydrogen) atoms. The van der Waals surface area contributed by atoms with Gasteiger partial charge in [-0.05, 0) is 6.42 Å². The van der Waals surface area contributed by atoms with E-state index in [1.54, 1.807) is 0 Å². The van der Waals surface area contributed by atoms with Crippen LogP contribution in [0.5, 0.6) is 0 Å². The van der Waals surface area contributed by atoms with Crippen molar-refractivity contribution in [1.82, 2.24) is 5.32 Å². The molecule has 0 aromatic rings. The number of amides is 1. The third kappa shape index (κ3) is 4.04. The van der Waals surface area contributed by atoms with Gasteiger partial charge in [0.15, 0.2) is 9.84 Å². The molecule has 1 rings (SSSR count). The van der Waals surface area contributed by atoms with Crippen molar-refractivity contribution < 1.29 is 42.8 Å². The first-order valence-electron chi connectivity index (χ1n) is 3.17. The number of hydrogen-bond donors (Lipinski definition) is 1. The van der Waals surface area contributed by atoms with Gasteiger partial charge in [-0.25, -0.2) is 8.42 Å². The van der Waals surface area contributed by atoms with Crippen molar-refractivity contribution in [2.45, 2.75) is 12.5 Å². The molecule has 1 fully saturated rings. The Bertz CT molecular complexity index is 264. The van der Waals surface area contributed by atoms with Gasteiger partial charge in [0.05, 0.1) is 16.7 Å². The average molecular weight is 217 g/mol. The van der Waals surface area contributed by atoms with E-state index in [0.29, 0.717) is 6.42 Å². The topological polar surface area (TPSA) is 63.2 Å². The summed E-state index contributed by atoms with van der Waals surface area (Å²) < 4.78 is 21.7. The molecule has 1 atom stereocenters. The molecule has 0 radical (unpaired) electrons. The zero-order chi connectivity index (χ0) is 8.48. The number of hydrogen-bond acceptors (Lipinski definition) is 4. The van der Waals surface area contributed by atoms with Crippen molar-refractivity contribution in [2.24, 2.45) is 0 Å². The molecule has 64 valence electrons. The summed E-state index contributed by atoms with van der Waals surface area (Å²) in [5, 5.41) is 1.82. The summed E-state index contributed by atoms with van der Waals surface area (Å²) in [6, 6.07) is -0.259. The molecule has 1 aliphatic heterocycles. The number of carbonyl (C=O) groups is 1. The first-order chi connectivity index (χ1) is 4.99. The third-order valence-electron chi connectivity index (χ3n) is 1.55. The predicted octanol–water partition coefficient (Wildman–Crippen LogP) is -3.57. The Labute approximate surface area is 99.1 Å². The Morgan fingerprint density at radius 2 is 2.08 bits per heavy atom. The minimum Gasteiger partial charge on any atom is -0.719 e. The van der Waals surface area contributed by atoms with E-state index in [0.717, 1.165) is 0 Å². The van der Waals surface area contributed by atoms with E-state index >= 15 is 0 Å². The summed E-state index contributed by atoms with van der Waals surface area (Å²) >= 11 is 4.25. The van der Waals surface area contributed by atoms with Crippen LogP contribution in [0.2, 0.25) is 0 Å². The molecule has 0 bridgehead atoms. The molecule has 1 N–H and O–H groups in total. The minimum absolute atomic E-state index is 0. The largest absolute Gasteiger partial charge is 1.00 e. The third-order valence-corrected chi connectivity index (χ3v) is 3.44. The summed E-state index contributed by atoms with van der Waals surface area (Å²) in [4.78, 5) is 10.3. The molecule has 0 saturated carbocycles. The van der Waals surface area contributed by atoms with Crippen molar-refractivity contribution >= 4 is 27.7 Å². The predicted molar refractivity (Wildman–Crippen MR) is 43.0 cm³/mol. The normalized spacial score (nSPS) is 25.8. The van der Waals surface area contributed by atoms with Crippen LogP contribution >= 0.6 is 0 Å². The Morgan fingerprint density at radius 3 is 2.42 bits per heavy atom. The molecule has 0 aliphatic carbocycles. The van der Waals surface area contributed by atoms with Crippen LogP contribution in [0.4, 0.5) is 4.79 Å². The maximum atomic E-state index is 10.8. The van der Waals surface area contributed by atoms with E-state index in [1.807, 2.05) is 0 Å². The molecule has 7 heteroatoms. The quantitative estimate of drug-likeness (QED) is 0.365. The molecule has 1 saturated heterocycles. The standard InChI is InChI=1S/C5H9NO3S2.Na/c7-5(10)6-4-1-2-11(8,9)3-4;/h4H,1-3H2,(H2,6,7,10);/q;+1/p-1. The molecule has 0 aromatic carbocycles. The SMILES string of the molecule is O=C([S-])NC1CCS(=O)(=O)C1.[Na+]. The van der Waals surface area contributed by atoms with Crippen molar-refractivity contribution in [1.29, 1.82) is 0 Å². The van der Waals surface area contributed by atoms with Gasteiger partial charge >= 0.3 is 29.6 Å². The van der Waals surface area contributed by atoms with Gasteiger partial charge in [-0.1, -0.05) is 0 Å². The van der Waals surface area contributed by atoms with Gasteiger partial charge in [-0.2, -0.15) is 0 Å². The summed E-state index contributed by atoms with van der Waals surface area (Å²) in [6.45, 7) is 0. The van der Waals surface area contributed by atoms with Crippen molar-refractivity contribution in [3.05, 3.63) is 0 Å². The van der Waals surface area contributed by atoms with Crippen molar-refractivity contribution in [2.75, 3.05) is 11.5 Å². The Balaban J connectivity index is 0.00000121. The number of carbonyl (C=O) groups excluding carboxylic acids is 1. The van der Waals surface area contributed by atoms with Gasteiger partial charge in [-0.3, -0.25) is 0 Å². The van der Waals surface area contributed by atoms with E-state index in [9.17, 15) is 13.2 Å². The van der Waals surface area contributed by atoms with Crippen LogP contribution in [-0.2, 0) is 22.5 Å². The minimum atomic E-state index is -2.90. The molecular formula is C5H8NNaO3S2. The Morgan fingerprint density at radius 1 is 1.50 bits per heavy atom. The summed E-state index contributed by atoms with van der Waals surface area (Å²) in [5.41, 5.74) is 0.